The molecule has 1 aliphatic heterocycles. The second-order valence-electron chi connectivity index (χ2n) is 6.41. The molecule has 0 saturated carbocycles. The Morgan fingerprint density at radius 3 is 2.27 bits per heavy atom. The fourth-order valence-electron chi connectivity index (χ4n) is 3.03. The molecule has 144 valence electrons. The van der Waals surface area contributed by atoms with Crippen LogP contribution in [0.3, 0.4) is 0 Å². The minimum absolute atomic E-state index is 0.194. The van der Waals surface area contributed by atoms with Crippen LogP contribution in [0.15, 0.2) is 29.2 Å². The summed E-state index contributed by atoms with van der Waals surface area (Å²) in [6.07, 6.45) is 3.49. The molecule has 2 rings (SSSR count). The van der Waals surface area contributed by atoms with Crippen LogP contribution in [0.2, 0.25) is 0 Å². The Bertz CT molecular complexity index is 724. The standard InChI is InChI=1S/C18H26N2O5S/c1-2-19(14-18(22)23)17(21)11-8-15-6-9-16(10-7-15)26(24,25)20-12-4-3-5-13-20/h6-7,9-10H,2-5,8,11-14H2,1H3,(H,22,23). The number of aliphatic carboxylic acids is 1. The van der Waals surface area contributed by atoms with Gasteiger partial charge in [0.15, 0.2) is 0 Å². The van der Waals surface area contributed by atoms with Crippen LogP contribution in [0.25, 0.3) is 0 Å². The highest BCUT2D eigenvalue weighted by Gasteiger charge is 2.25. The Morgan fingerprint density at radius 1 is 1.12 bits per heavy atom. The number of carbonyl (C=O) groups excluding carboxylic acids is 1. The van der Waals surface area contributed by atoms with Gasteiger partial charge in [-0.2, -0.15) is 4.31 Å². The summed E-state index contributed by atoms with van der Waals surface area (Å²) >= 11 is 0. The number of hydrogen-bond donors (Lipinski definition) is 1. The van der Waals surface area contributed by atoms with E-state index in [9.17, 15) is 18.0 Å². The SMILES string of the molecule is CCN(CC(=O)O)C(=O)CCc1ccc(S(=O)(=O)N2CCCCC2)cc1. The normalized spacial score (nSPS) is 15.6. The van der Waals surface area contributed by atoms with Crippen LogP contribution in [-0.4, -0.2) is 60.8 Å². The van der Waals surface area contributed by atoms with Crippen molar-refractivity contribution >= 4 is 21.9 Å². The van der Waals surface area contributed by atoms with Gasteiger partial charge in [0.05, 0.1) is 4.90 Å². The number of hydrogen-bond acceptors (Lipinski definition) is 4. The zero-order chi connectivity index (χ0) is 19.2. The van der Waals surface area contributed by atoms with Gasteiger partial charge in [0, 0.05) is 26.1 Å². The quantitative estimate of drug-likeness (QED) is 0.739. The maximum Gasteiger partial charge on any atom is 0.323 e. The zero-order valence-corrected chi connectivity index (χ0v) is 15.9. The number of sulfonamides is 1. The van der Waals surface area contributed by atoms with Gasteiger partial charge in [0.25, 0.3) is 0 Å². The van der Waals surface area contributed by atoms with Gasteiger partial charge in [-0.25, -0.2) is 8.42 Å². The molecule has 0 atom stereocenters. The second kappa shape index (κ2) is 9.14. The van der Waals surface area contributed by atoms with Crippen LogP contribution in [0, 0.1) is 0 Å². The fourth-order valence-corrected chi connectivity index (χ4v) is 4.55. The maximum absolute atomic E-state index is 12.6. The highest BCUT2D eigenvalue weighted by Crippen LogP contribution is 2.21. The molecule has 1 saturated heterocycles. The van der Waals surface area contributed by atoms with E-state index in [1.165, 1.54) is 9.21 Å². The molecule has 0 aromatic heterocycles. The summed E-state index contributed by atoms with van der Waals surface area (Å²) in [5, 5.41) is 8.81. The summed E-state index contributed by atoms with van der Waals surface area (Å²) in [7, 11) is -3.45. The number of likely N-dealkylation sites (N-methyl/N-ethyl adjacent to an activating group) is 1. The lowest BCUT2D eigenvalue weighted by Gasteiger charge is -2.25. The van der Waals surface area contributed by atoms with Gasteiger partial charge >= 0.3 is 5.97 Å². The van der Waals surface area contributed by atoms with Gasteiger partial charge in [-0.3, -0.25) is 9.59 Å². The van der Waals surface area contributed by atoms with Crippen LogP contribution in [0.4, 0.5) is 0 Å². The first-order valence-corrected chi connectivity index (χ1v) is 10.4. The molecule has 1 aromatic rings. The molecular weight excluding hydrogens is 356 g/mol. The van der Waals surface area contributed by atoms with E-state index in [-0.39, 0.29) is 23.8 Å². The van der Waals surface area contributed by atoms with Crippen molar-refractivity contribution in [3.8, 4) is 0 Å². The minimum Gasteiger partial charge on any atom is -0.480 e. The summed E-state index contributed by atoms with van der Waals surface area (Å²) in [4.78, 5) is 24.4. The molecule has 26 heavy (non-hydrogen) atoms. The number of amides is 1. The molecule has 0 spiro atoms. The lowest BCUT2D eigenvalue weighted by Crippen LogP contribution is -2.35. The Balaban J connectivity index is 1.96. The molecule has 8 heteroatoms. The number of rotatable bonds is 8. The molecule has 1 N–H and O–H groups in total. The van der Waals surface area contributed by atoms with E-state index in [4.69, 9.17) is 5.11 Å². The van der Waals surface area contributed by atoms with Crippen molar-refractivity contribution in [1.82, 2.24) is 9.21 Å². The molecule has 0 radical (unpaired) electrons. The highest BCUT2D eigenvalue weighted by molar-refractivity contribution is 7.89. The van der Waals surface area contributed by atoms with Crippen molar-refractivity contribution in [2.24, 2.45) is 0 Å². The number of aryl methyl sites for hydroxylation is 1. The zero-order valence-electron chi connectivity index (χ0n) is 15.1. The highest BCUT2D eigenvalue weighted by atomic mass is 32.2. The molecule has 1 aliphatic rings. The van der Waals surface area contributed by atoms with E-state index in [0.717, 1.165) is 24.8 Å². The second-order valence-corrected chi connectivity index (χ2v) is 8.35. The number of carbonyl (C=O) groups is 2. The molecule has 1 fully saturated rings. The topological polar surface area (TPSA) is 95.0 Å². The molecular formula is C18H26N2O5S. The van der Waals surface area contributed by atoms with Crippen molar-refractivity contribution < 1.29 is 23.1 Å². The van der Waals surface area contributed by atoms with Gasteiger partial charge < -0.3 is 10.0 Å². The average Bonchev–Trinajstić information content (AvgIpc) is 2.65. The predicted molar refractivity (Wildman–Crippen MR) is 97.3 cm³/mol. The summed E-state index contributed by atoms with van der Waals surface area (Å²) in [5.74, 6) is -1.26. The fraction of sp³-hybridized carbons (Fsp3) is 0.556. The first-order valence-electron chi connectivity index (χ1n) is 8.93. The average molecular weight is 382 g/mol. The number of piperidine rings is 1. The molecule has 1 aromatic carbocycles. The van der Waals surface area contributed by atoms with Crippen LogP contribution < -0.4 is 0 Å². The minimum atomic E-state index is -3.45. The Hall–Kier alpha value is -1.93. The summed E-state index contributed by atoms with van der Waals surface area (Å²) in [6, 6.07) is 6.60. The summed E-state index contributed by atoms with van der Waals surface area (Å²) in [5.41, 5.74) is 0.849. The smallest absolute Gasteiger partial charge is 0.323 e. The lowest BCUT2D eigenvalue weighted by atomic mass is 10.1. The summed E-state index contributed by atoms with van der Waals surface area (Å²) < 4.78 is 26.7. The van der Waals surface area contributed by atoms with Crippen molar-refractivity contribution in [1.29, 1.82) is 0 Å². The number of carboxylic acids is 1. The van der Waals surface area contributed by atoms with Gasteiger partial charge in [-0.15, -0.1) is 0 Å². The van der Waals surface area contributed by atoms with Gasteiger partial charge in [-0.1, -0.05) is 18.6 Å². The Labute approximate surface area is 154 Å². The van der Waals surface area contributed by atoms with Gasteiger partial charge in [0.1, 0.15) is 6.54 Å². The predicted octanol–water partition coefficient (Wildman–Crippen LogP) is 1.73. The number of nitrogens with zero attached hydrogens (tertiary/aromatic N) is 2. The Kier molecular flexibility index (Phi) is 7.16. The van der Waals surface area contributed by atoms with Crippen molar-refractivity contribution in [2.75, 3.05) is 26.2 Å². The monoisotopic (exact) mass is 382 g/mol. The van der Waals surface area contributed by atoms with Crippen LogP contribution in [0.1, 0.15) is 38.2 Å². The van der Waals surface area contributed by atoms with E-state index in [1.807, 2.05) is 0 Å². The first-order chi connectivity index (χ1) is 12.3. The van der Waals surface area contributed by atoms with E-state index in [2.05, 4.69) is 0 Å². The third-order valence-corrected chi connectivity index (χ3v) is 6.48. The van der Waals surface area contributed by atoms with Gasteiger partial charge in [-0.05, 0) is 43.9 Å². The molecule has 0 aliphatic carbocycles. The lowest BCUT2D eigenvalue weighted by molar-refractivity contribution is -0.144. The van der Waals surface area contributed by atoms with Crippen molar-refractivity contribution in [3.63, 3.8) is 0 Å². The van der Waals surface area contributed by atoms with Crippen LogP contribution in [0.5, 0.6) is 0 Å². The maximum atomic E-state index is 12.6. The number of carboxylic acid groups (broad SMARTS) is 1. The van der Waals surface area contributed by atoms with Crippen LogP contribution >= 0.6 is 0 Å². The third kappa shape index (κ3) is 5.28. The largest absolute Gasteiger partial charge is 0.480 e. The van der Waals surface area contributed by atoms with Crippen LogP contribution in [-0.2, 0) is 26.0 Å². The van der Waals surface area contributed by atoms with E-state index in [0.29, 0.717) is 26.1 Å². The van der Waals surface area contributed by atoms with E-state index in [1.54, 1.807) is 31.2 Å². The van der Waals surface area contributed by atoms with E-state index < -0.39 is 16.0 Å². The van der Waals surface area contributed by atoms with Gasteiger partial charge in [0.2, 0.25) is 15.9 Å². The third-order valence-electron chi connectivity index (χ3n) is 4.56. The molecule has 1 heterocycles. The molecule has 1 amide bonds. The summed E-state index contributed by atoms with van der Waals surface area (Å²) in [6.45, 7) is 2.91. The molecule has 0 unspecified atom stereocenters. The molecule has 0 bridgehead atoms. The number of benzene rings is 1. The van der Waals surface area contributed by atoms with E-state index >= 15 is 0 Å². The van der Waals surface area contributed by atoms with Crippen molar-refractivity contribution in [3.05, 3.63) is 29.8 Å². The first kappa shape index (κ1) is 20.4. The molecule has 7 nitrogen and oxygen atoms in total. The Morgan fingerprint density at radius 2 is 1.73 bits per heavy atom. The van der Waals surface area contributed by atoms with Crippen molar-refractivity contribution in [2.45, 2.75) is 43.9 Å².